The molecule has 7 nitrogen and oxygen atoms in total. The van der Waals surface area contributed by atoms with Gasteiger partial charge in [0.2, 0.25) is 0 Å². The number of aromatic nitrogens is 1. The second-order valence-corrected chi connectivity index (χ2v) is 4.92. The second kappa shape index (κ2) is 7.46. The van der Waals surface area contributed by atoms with E-state index in [1.807, 2.05) is 24.3 Å². The van der Waals surface area contributed by atoms with E-state index in [0.29, 0.717) is 18.7 Å². The average Bonchev–Trinajstić information content (AvgIpc) is 2.56. The molecule has 0 aliphatic rings. The number of ether oxygens (including phenoxy) is 1. The van der Waals surface area contributed by atoms with Gasteiger partial charge in [0.15, 0.2) is 0 Å². The molecule has 1 unspecified atom stereocenters. The van der Waals surface area contributed by atoms with Gasteiger partial charge >= 0.3 is 5.97 Å². The van der Waals surface area contributed by atoms with Crippen LogP contribution in [-0.4, -0.2) is 28.5 Å². The second-order valence-electron chi connectivity index (χ2n) is 4.92. The first kappa shape index (κ1) is 16.6. The molecule has 2 N–H and O–H groups in total. The maximum atomic E-state index is 11.5. The van der Waals surface area contributed by atoms with Gasteiger partial charge in [-0.15, -0.1) is 0 Å². The molecular weight excluding hydrogens is 298 g/mol. The SMILES string of the molecule is CCOC(=O)C(N)Cc1ccc(-c2ccc([N+](=O)[O-])cn2)cc1. The summed E-state index contributed by atoms with van der Waals surface area (Å²) in [5, 5.41) is 10.6. The molecule has 2 rings (SSSR count). The molecule has 0 spiro atoms. The molecule has 2 aromatic rings. The Bertz CT molecular complexity index is 683. The summed E-state index contributed by atoms with van der Waals surface area (Å²) >= 11 is 0. The standard InChI is InChI=1S/C16H17N3O4/c1-2-23-16(20)14(17)9-11-3-5-12(6-4-11)15-8-7-13(10-18-15)19(21)22/h3-8,10,14H,2,9,17H2,1H3. The molecule has 7 heteroatoms. The van der Waals surface area contributed by atoms with Crippen LogP contribution >= 0.6 is 0 Å². The largest absolute Gasteiger partial charge is 0.465 e. The average molecular weight is 315 g/mol. The summed E-state index contributed by atoms with van der Waals surface area (Å²) in [5.74, 6) is -0.423. The van der Waals surface area contributed by atoms with E-state index in [-0.39, 0.29) is 5.69 Å². The van der Waals surface area contributed by atoms with E-state index in [0.717, 1.165) is 11.1 Å². The van der Waals surface area contributed by atoms with E-state index in [1.165, 1.54) is 12.3 Å². The third-order valence-electron chi connectivity index (χ3n) is 3.25. The summed E-state index contributed by atoms with van der Waals surface area (Å²) in [4.78, 5) is 25.7. The smallest absolute Gasteiger partial charge is 0.323 e. The fraction of sp³-hybridized carbons (Fsp3) is 0.250. The maximum Gasteiger partial charge on any atom is 0.323 e. The van der Waals surface area contributed by atoms with Crippen LogP contribution in [0.25, 0.3) is 11.3 Å². The molecule has 0 aliphatic heterocycles. The van der Waals surface area contributed by atoms with E-state index in [9.17, 15) is 14.9 Å². The summed E-state index contributed by atoms with van der Waals surface area (Å²) in [6.45, 7) is 2.04. The summed E-state index contributed by atoms with van der Waals surface area (Å²) < 4.78 is 4.87. The van der Waals surface area contributed by atoms with Crippen LogP contribution in [0.3, 0.4) is 0 Å². The molecule has 1 atom stereocenters. The van der Waals surface area contributed by atoms with Crippen molar-refractivity contribution in [2.45, 2.75) is 19.4 Å². The van der Waals surface area contributed by atoms with E-state index in [4.69, 9.17) is 10.5 Å². The van der Waals surface area contributed by atoms with Crippen molar-refractivity contribution in [3.8, 4) is 11.3 Å². The van der Waals surface area contributed by atoms with Gasteiger partial charge in [-0.2, -0.15) is 0 Å². The molecule has 0 saturated heterocycles. The van der Waals surface area contributed by atoms with Gasteiger partial charge in [0, 0.05) is 11.6 Å². The Kier molecular flexibility index (Phi) is 5.37. The predicted molar refractivity (Wildman–Crippen MR) is 84.6 cm³/mol. The summed E-state index contributed by atoms with van der Waals surface area (Å²) in [7, 11) is 0. The zero-order chi connectivity index (χ0) is 16.8. The van der Waals surface area contributed by atoms with Crippen molar-refractivity contribution in [1.82, 2.24) is 4.98 Å². The first-order chi connectivity index (χ1) is 11.0. The van der Waals surface area contributed by atoms with Gasteiger partial charge in [-0.3, -0.25) is 14.9 Å². The van der Waals surface area contributed by atoms with E-state index in [2.05, 4.69) is 4.98 Å². The number of hydrogen-bond donors (Lipinski definition) is 1. The number of carbonyl (C=O) groups excluding carboxylic acids is 1. The molecule has 0 radical (unpaired) electrons. The third kappa shape index (κ3) is 4.33. The molecule has 0 aliphatic carbocycles. The lowest BCUT2D eigenvalue weighted by Gasteiger charge is -2.10. The zero-order valence-electron chi connectivity index (χ0n) is 12.6. The normalized spacial score (nSPS) is 11.7. The highest BCUT2D eigenvalue weighted by Gasteiger charge is 2.15. The van der Waals surface area contributed by atoms with Crippen LogP contribution in [0.4, 0.5) is 5.69 Å². The van der Waals surface area contributed by atoms with Gasteiger partial charge in [-0.25, -0.2) is 4.98 Å². The van der Waals surface area contributed by atoms with Crippen LogP contribution in [0, 0.1) is 10.1 Å². The number of pyridine rings is 1. The molecule has 0 bridgehead atoms. The number of carbonyl (C=O) groups is 1. The molecule has 1 aromatic carbocycles. The quantitative estimate of drug-likeness (QED) is 0.496. The minimum absolute atomic E-state index is 0.0502. The van der Waals surface area contributed by atoms with Crippen molar-refractivity contribution < 1.29 is 14.5 Å². The molecule has 0 fully saturated rings. The molecule has 1 heterocycles. The Balaban J connectivity index is 2.07. The van der Waals surface area contributed by atoms with Crippen molar-refractivity contribution in [1.29, 1.82) is 0 Å². The van der Waals surface area contributed by atoms with E-state index in [1.54, 1.807) is 13.0 Å². The Hall–Kier alpha value is -2.80. The number of nitro groups is 1. The van der Waals surface area contributed by atoms with Crippen LogP contribution in [0.1, 0.15) is 12.5 Å². The molecule has 0 amide bonds. The fourth-order valence-electron chi connectivity index (χ4n) is 2.06. The van der Waals surface area contributed by atoms with Crippen molar-refractivity contribution in [3.05, 3.63) is 58.3 Å². The van der Waals surface area contributed by atoms with Crippen LogP contribution in [-0.2, 0) is 16.0 Å². The zero-order valence-corrected chi connectivity index (χ0v) is 12.6. The van der Waals surface area contributed by atoms with Crippen LogP contribution in [0.5, 0.6) is 0 Å². The van der Waals surface area contributed by atoms with Gasteiger partial charge < -0.3 is 10.5 Å². The molecule has 120 valence electrons. The Labute approximate surface area is 133 Å². The number of esters is 1. The van der Waals surface area contributed by atoms with E-state index < -0.39 is 16.9 Å². The third-order valence-corrected chi connectivity index (χ3v) is 3.25. The number of hydrogen-bond acceptors (Lipinski definition) is 6. The minimum Gasteiger partial charge on any atom is -0.465 e. The topological polar surface area (TPSA) is 108 Å². The molecule has 0 saturated carbocycles. The Morgan fingerprint density at radius 1 is 1.30 bits per heavy atom. The van der Waals surface area contributed by atoms with E-state index >= 15 is 0 Å². The summed E-state index contributed by atoms with van der Waals surface area (Å²) in [6.07, 6.45) is 1.60. The number of nitrogens with two attached hydrogens (primary N) is 1. The van der Waals surface area contributed by atoms with Gasteiger partial charge in [-0.1, -0.05) is 24.3 Å². The van der Waals surface area contributed by atoms with Crippen molar-refractivity contribution in [2.24, 2.45) is 5.73 Å². The van der Waals surface area contributed by atoms with Crippen molar-refractivity contribution in [2.75, 3.05) is 6.61 Å². The lowest BCUT2D eigenvalue weighted by molar-refractivity contribution is -0.385. The highest BCUT2D eigenvalue weighted by atomic mass is 16.6. The summed E-state index contributed by atoms with van der Waals surface area (Å²) in [6, 6.07) is 9.67. The highest BCUT2D eigenvalue weighted by molar-refractivity contribution is 5.76. The van der Waals surface area contributed by atoms with Gasteiger partial charge in [0.25, 0.3) is 5.69 Å². The lowest BCUT2D eigenvalue weighted by Crippen LogP contribution is -2.34. The molecular formula is C16H17N3O4. The van der Waals surface area contributed by atoms with Gasteiger partial charge in [0.05, 0.1) is 17.2 Å². The van der Waals surface area contributed by atoms with Crippen LogP contribution in [0.15, 0.2) is 42.6 Å². The maximum absolute atomic E-state index is 11.5. The van der Waals surface area contributed by atoms with Crippen molar-refractivity contribution in [3.63, 3.8) is 0 Å². The first-order valence-corrected chi connectivity index (χ1v) is 7.13. The van der Waals surface area contributed by atoms with Crippen molar-refractivity contribution >= 4 is 11.7 Å². The van der Waals surface area contributed by atoms with Crippen LogP contribution in [0.2, 0.25) is 0 Å². The lowest BCUT2D eigenvalue weighted by atomic mass is 10.0. The van der Waals surface area contributed by atoms with Gasteiger partial charge in [0.1, 0.15) is 12.2 Å². The number of benzene rings is 1. The number of nitrogens with zero attached hydrogens (tertiary/aromatic N) is 2. The number of rotatable bonds is 6. The molecule has 23 heavy (non-hydrogen) atoms. The Morgan fingerprint density at radius 3 is 2.52 bits per heavy atom. The predicted octanol–water partition coefficient (Wildman–Crippen LogP) is 2.09. The first-order valence-electron chi connectivity index (χ1n) is 7.13. The minimum atomic E-state index is -0.696. The summed E-state index contributed by atoms with van der Waals surface area (Å²) in [5.41, 5.74) is 8.09. The van der Waals surface area contributed by atoms with Gasteiger partial charge in [-0.05, 0) is 25.0 Å². The van der Waals surface area contributed by atoms with Crippen LogP contribution < -0.4 is 5.73 Å². The molecule has 1 aromatic heterocycles. The Morgan fingerprint density at radius 2 is 2.00 bits per heavy atom. The fourth-order valence-corrected chi connectivity index (χ4v) is 2.06. The highest BCUT2D eigenvalue weighted by Crippen LogP contribution is 2.20. The monoisotopic (exact) mass is 315 g/mol.